The molecule has 0 aromatic heterocycles. The van der Waals surface area contributed by atoms with Gasteiger partial charge in [-0.3, -0.25) is 30.3 Å². The predicted molar refractivity (Wildman–Crippen MR) is 56.9 cm³/mol. The van der Waals surface area contributed by atoms with E-state index in [1.54, 1.807) is 13.8 Å². The molecule has 17 heavy (non-hydrogen) atoms. The highest BCUT2D eigenvalue weighted by molar-refractivity contribution is 4.78. The molecule has 0 N–H and O–H groups in total. The van der Waals surface area contributed by atoms with Gasteiger partial charge in [0, 0.05) is 27.1 Å². The van der Waals surface area contributed by atoms with Crippen LogP contribution in [0.4, 0.5) is 0 Å². The van der Waals surface area contributed by atoms with E-state index in [-0.39, 0.29) is 6.42 Å². The maximum absolute atomic E-state index is 10.8. The Bertz CT molecular complexity index is 306. The van der Waals surface area contributed by atoms with Crippen molar-refractivity contribution in [3.05, 3.63) is 36.9 Å². The van der Waals surface area contributed by atoms with Crippen LogP contribution >= 0.6 is 0 Å². The van der Waals surface area contributed by atoms with Gasteiger partial charge >= 0.3 is 0 Å². The highest BCUT2D eigenvalue weighted by atomic mass is 16.6. The van der Waals surface area contributed by atoms with Crippen molar-refractivity contribution in [2.24, 2.45) is 11.8 Å². The van der Waals surface area contributed by atoms with Gasteiger partial charge in [-0.15, -0.1) is 0 Å². The van der Waals surface area contributed by atoms with Gasteiger partial charge in [0.1, 0.15) is 5.92 Å². The largest absolute Gasteiger partial charge is 0.289 e. The highest BCUT2D eigenvalue weighted by Crippen LogP contribution is 2.22. The van der Waals surface area contributed by atoms with E-state index in [9.17, 15) is 30.3 Å². The second-order valence-corrected chi connectivity index (χ2v) is 3.96. The molecule has 0 saturated carbocycles. The van der Waals surface area contributed by atoms with Crippen molar-refractivity contribution >= 4 is 0 Å². The fourth-order valence-corrected chi connectivity index (χ4v) is 1.64. The molecule has 1 radical (unpaired) electrons. The number of nitrogens with zero attached hydrogens (tertiary/aromatic N) is 3. The Balaban J connectivity index is 4.78. The van der Waals surface area contributed by atoms with E-state index in [1.807, 2.05) is 0 Å². The zero-order chi connectivity index (χ0) is 13.6. The Morgan fingerprint density at radius 2 is 1.65 bits per heavy atom. The third kappa shape index (κ3) is 5.73. The lowest BCUT2D eigenvalue weighted by atomic mass is 9.88. The zero-order valence-corrected chi connectivity index (χ0v) is 9.51. The number of hydrogen-bond acceptors (Lipinski definition) is 6. The van der Waals surface area contributed by atoms with Gasteiger partial charge in [0.2, 0.25) is 12.6 Å². The van der Waals surface area contributed by atoms with Crippen molar-refractivity contribution in [1.82, 2.24) is 0 Å². The van der Waals surface area contributed by atoms with Crippen LogP contribution in [-0.2, 0) is 0 Å². The molecule has 0 saturated heterocycles. The van der Waals surface area contributed by atoms with Crippen LogP contribution in [0.3, 0.4) is 0 Å². The van der Waals surface area contributed by atoms with Crippen LogP contribution in [0.25, 0.3) is 0 Å². The molecule has 0 aromatic carbocycles. The Morgan fingerprint density at radius 3 is 1.94 bits per heavy atom. The van der Waals surface area contributed by atoms with E-state index < -0.39 is 39.2 Å². The fourth-order valence-electron chi connectivity index (χ4n) is 1.64. The number of hydrogen-bond donors (Lipinski definition) is 0. The van der Waals surface area contributed by atoms with E-state index in [0.717, 1.165) is 0 Å². The summed E-state index contributed by atoms with van der Waals surface area (Å²) in [6.45, 7) is 3.17. The first-order valence-electron chi connectivity index (χ1n) is 4.99. The molecule has 0 aliphatic rings. The van der Waals surface area contributed by atoms with E-state index in [0.29, 0.717) is 6.54 Å². The molecule has 97 valence electrons. The minimum absolute atomic E-state index is 0.211. The lowest BCUT2D eigenvalue weighted by Gasteiger charge is -2.18. The Morgan fingerprint density at radius 1 is 1.12 bits per heavy atom. The van der Waals surface area contributed by atoms with Gasteiger partial charge in [-0.2, -0.15) is 0 Å². The molecule has 0 heterocycles. The van der Waals surface area contributed by atoms with Crippen LogP contribution in [-0.4, -0.2) is 27.4 Å². The van der Waals surface area contributed by atoms with Gasteiger partial charge in [-0.05, 0) is 0 Å². The summed E-state index contributed by atoms with van der Waals surface area (Å²) in [5.74, 6) is -1.47. The van der Waals surface area contributed by atoms with E-state index in [1.165, 1.54) is 0 Å². The molecule has 0 aliphatic heterocycles. The molecule has 0 spiro atoms. The van der Waals surface area contributed by atoms with Crippen LogP contribution in [0.5, 0.6) is 0 Å². The van der Waals surface area contributed by atoms with Gasteiger partial charge in [0.05, 0.1) is 0 Å². The first-order chi connectivity index (χ1) is 7.75. The van der Waals surface area contributed by atoms with Crippen molar-refractivity contribution in [3.8, 4) is 0 Å². The molecule has 0 aliphatic carbocycles. The smallest absolute Gasteiger partial charge is 0.265 e. The normalized spacial score (nSPS) is 14.3. The SMILES string of the molecule is CC(C)C(C([CH][N+](=O)[O-])CC[N+](=O)[O-])[N+](=O)[O-]. The molecule has 2 atom stereocenters. The minimum atomic E-state index is -1.18. The van der Waals surface area contributed by atoms with E-state index in [4.69, 9.17) is 0 Å². The summed E-state index contributed by atoms with van der Waals surface area (Å²) in [6, 6.07) is -1.18. The summed E-state index contributed by atoms with van der Waals surface area (Å²) >= 11 is 0. The van der Waals surface area contributed by atoms with E-state index >= 15 is 0 Å². The molecular formula is C8H14N3O6. The fraction of sp³-hybridized carbons (Fsp3) is 0.875. The minimum Gasteiger partial charge on any atom is -0.265 e. The summed E-state index contributed by atoms with van der Waals surface area (Å²) in [6.07, 6.45) is -0.211. The van der Waals surface area contributed by atoms with Crippen LogP contribution in [0.15, 0.2) is 0 Å². The van der Waals surface area contributed by atoms with Crippen molar-refractivity contribution in [2.45, 2.75) is 26.3 Å². The standard InChI is InChI=1S/C8H14N3O6/c1-6(2)8(11(16)17)7(5-10(14)15)3-4-9(12)13/h5-8H,3-4H2,1-2H3. The maximum atomic E-state index is 10.8. The monoisotopic (exact) mass is 248 g/mol. The summed E-state index contributed by atoms with van der Waals surface area (Å²) in [4.78, 5) is 29.3. The lowest BCUT2D eigenvalue weighted by Crippen LogP contribution is -2.36. The number of nitro groups is 3. The molecule has 9 nitrogen and oxygen atoms in total. The van der Waals surface area contributed by atoms with Crippen molar-refractivity contribution in [1.29, 1.82) is 0 Å². The molecule has 0 aromatic rings. The first-order valence-corrected chi connectivity index (χ1v) is 4.99. The Kier molecular flexibility index (Phi) is 6.00. The number of rotatable bonds is 8. The van der Waals surface area contributed by atoms with Gasteiger partial charge in [-0.1, -0.05) is 13.8 Å². The topological polar surface area (TPSA) is 129 Å². The van der Waals surface area contributed by atoms with Crippen LogP contribution in [0.2, 0.25) is 0 Å². The molecule has 0 amide bonds. The second-order valence-electron chi connectivity index (χ2n) is 3.96. The maximum Gasteiger partial charge on any atom is 0.289 e. The summed E-state index contributed by atoms with van der Waals surface area (Å²) in [5.41, 5.74) is 0. The Hall–Kier alpha value is -1.80. The molecule has 9 heteroatoms. The average molecular weight is 248 g/mol. The summed E-state index contributed by atoms with van der Waals surface area (Å²) in [5, 5.41) is 31.4. The molecular weight excluding hydrogens is 234 g/mol. The molecule has 0 bridgehead atoms. The zero-order valence-electron chi connectivity index (χ0n) is 9.51. The van der Waals surface area contributed by atoms with Crippen LogP contribution in [0, 0.1) is 48.7 Å². The quantitative estimate of drug-likeness (QED) is 0.465. The molecule has 0 rings (SSSR count). The van der Waals surface area contributed by atoms with Gasteiger partial charge in [0.25, 0.3) is 6.54 Å². The molecule has 2 unspecified atom stereocenters. The molecule has 0 fully saturated rings. The van der Waals surface area contributed by atoms with Crippen LogP contribution in [0.1, 0.15) is 20.3 Å². The summed E-state index contributed by atoms with van der Waals surface area (Å²) < 4.78 is 0. The van der Waals surface area contributed by atoms with Gasteiger partial charge in [-0.25, -0.2) is 0 Å². The third-order valence-electron chi connectivity index (χ3n) is 2.32. The van der Waals surface area contributed by atoms with Crippen molar-refractivity contribution < 1.29 is 14.8 Å². The predicted octanol–water partition coefficient (Wildman–Crippen LogP) is 1.01. The average Bonchev–Trinajstić information content (AvgIpc) is 2.11. The second kappa shape index (κ2) is 6.71. The summed E-state index contributed by atoms with van der Waals surface area (Å²) in [7, 11) is 0. The van der Waals surface area contributed by atoms with Crippen LogP contribution < -0.4 is 0 Å². The van der Waals surface area contributed by atoms with Gasteiger partial charge in [0.15, 0.2) is 0 Å². The first kappa shape index (κ1) is 15.2. The van der Waals surface area contributed by atoms with Crippen molar-refractivity contribution in [2.75, 3.05) is 6.54 Å². The van der Waals surface area contributed by atoms with Crippen molar-refractivity contribution in [3.63, 3.8) is 0 Å². The van der Waals surface area contributed by atoms with E-state index in [2.05, 4.69) is 0 Å². The highest BCUT2D eigenvalue weighted by Gasteiger charge is 2.39. The Labute approximate surface area is 97.3 Å². The lowest BCUT2D eigenvalue weighted by molar-refractivity contribution is -0.554. The van der Waals surface area contributed by atoms with Gasteiger partial charge < -0.3 is 0 Å². The third-order valence-corrected chi connectivity index (χ3v) is 2.32.